The van der Waals surface area contributed by atoms with Crippen molar-refractivity contribution in [1.29, 1.82) is 0 Å². The summed E-state index contributed by atoms with van der Waals surface area (Å²) in [6, 6.07) is 0. The number of nitrogens with one attached hydrogen (secondary N) is 1. The molecule has 1 aliphatic heterocycles. The summed E-state index contributed by atoms with van der Waals surface area (Å²) in [6.45, 7) is 2.16. The number of piperidine rings is 1. The molecule has 1 heterocycles. The highest BCUT2D eigenvalue weighted by Gasteiger charge is 2.30. The fourth-order valence-corrected chi connectivity index (χ4v) is 2.23. The SMILES string of the molecule is CNCCC1CCN(C(=O)CCC(F)(F)F)CC1. The number of alkyl halides is 3. The first-order valence-corrected chi connectivity index (χ1v) is 6.41. The van der Waals surface area contributed by atoms with E-state index in [2.05, 4.69) is 5.32 Å². The molecule has 0 bridgehead atoms. The van der Waals surface area contributed by atoms with E-state index >= 15 is 0 Å². The van der Waals surface area contributed by atoms with Crippen LogP contribution in [0.25, 0.3) is 0 Å². The Morgan fingerprint density at radius 1 is 1.33 bits per heavy atom. The molecule has 0 aromatic carbocycles. The van der Waals surface area contributed by atoms with Crippen molar-refractivity contribution in [3.05, 3.63) is 0 Å². The summed E-state index contributed by atoms with van der Waals surface area (Å²) in [5, 5.41) is 3.08. The van der Waals surface area contributed by atoms with Crippen molar-refractivity contribution in [3.63, 3.8) is 0 Å². The Morgan fingerprint density at radius 2 is 1.94 bits per heavy atom. The molecule has 106 valence electrons. The summed E-state index contributed by atoms with van der Waals surface area (Å²) in [4.78, 5) is 13.2. The number of hydrogen-bond acceptors (Lipinski definition) is 2. The number of amides is 1. The molecule has 3 nitrogen and oxygen atoms in total. The van der Waals surface area contributed by atoms with Gasteiger partial charge in [0.25, 0.3) is 0 Å². The average molecular weight is 266 g/mol. The highest BCUT2D eigenvalue weighted by molar-refractivity contribution is 5.76. The molecule has 1 aliphatic rings. The van der Waals surface area contributed by atoms with Crippen LogP contribution in [0.3, 0.4) is 0 Å². The molecule has 0 aromatic heterocycles. The zero-order valence-corrected chi connectivity index (χ0v) is 10.7. The lowest BCUT2D eigenvalue weighted by Gasteiger charge is -2.32. The molecule has 1 amide bonds. The van der Waals surface area contributed by atoms with Crippen molar-refractivity contribution in [1.82, 2.24) is 10.2 Å². The Morgan fingerprint density at radius 3 is 2.44 bits per heavy atom. The van der Waals surface area contributed by atoms with Gasteiger partial charge in [0.15, 0.2) is 0 Å². The number of carbonyl (C=O) groups is 1. The summed E-state index contributed by atoms with van der Waals surface area (Å²) >= 11 is 0. The van der Waals surface area contributed by atoms with Gasteiger partial charge in [-0.1, -0.05) is 0 Å². The first-order valence-electron chi connectivity index (χ1n) is 6.41. The first kappa shape index (κ1) is 15.3. The minimum Gasteiger partial charge on any atom is -0.343 e. The van der Waals surface area contributed by atoms with Gasteiger partial charge in [-0.05, 0) is 38.8 Å². The third-order valence-corrected chi connectivity index (χ3v) is 3.39. The second-order valence-corrected chi connectivity index (χ2v) is 4.83. The van der Waals surface area contributed by atoms with E-state index < -0.39 is 19.0 Å². The summed E-state index contributed by atoms with van der Waals surface area (Å²) in [6.07, 6.45) is -2.78. The Bertz CT molecular complexity index is 261. The second-order valence-electron chi connectivity index (χ2n) is 4.83. The number of hydrogen-bond donors (Lipinski definition) is 1. The van der Waals surface area contributed by atoms with Crippen LogP contribution in [0, 0.1) is 5.92 Å². The molecule has 0 aromatic rings. The van der Waals surface area contributed by atoms with Crippen molar-refractivity contribution in [2.24, 2.45) is 5.92 Å². The summed E-state index contributed by atoms with van der Waals surface area (Å²) < 4.78 is 36.0. The van der Waals surface area contributed by atoms with Gasteiger partial charge in [-0.2, -0.15) is 13.2 Å². The van der Waals surface area contributed by atoms with Gasteiger partial charge in [0, 0.05) is 19.5 Å². The van der Waals surface area contributed by atoms with Crippen LogP contribution in [0.1, 0.15) is 32.1 Å². The van der Waals surface area contributed by atoms with E-state index in [1.54, 1.807) is 4.90 Å². The van der Waals surface area contributed by atoms with Gasteiger partial charge in [-0.3, -0.25) is 4.79 Å². The average Bonchev–Trinajstić information content (AvgIpc) is 2.33. The van der Waals surface area contributed by atoms with Crippen molar-refractivity contribution in [2.45, 2.75) is 38.3 Å². The van der Waals surface area contributed by atoms with E-state index in [9.17, 15) is 18.0 Å². The van der Waals surface area contributed by atoms with Gasteiger partial charge in [0.2, 0.25) is 5.91 Å². The quantitative estimate of drug-likeness (QED) is 0.827. The Balaban J connectivity index is 2.23. The molecule has 1 fully saturated rings. The van der Waals surface area contributed by atoms with Gasteiger partial charge in [0.05, 0.1) is 6.42 Å². The molecule has 0 aliphatic carbocycles. The molecule has 0 saturated carbocycles. The standard InChI is InChI=1S/C12H21F3N2O/c1-16-7-3-10-4-8-17(9-5-10)11(18)2-6-12(13,14)15/h10,16H,2-9H2,1H3. The first-order chi connectivity index (χ1) is 8.42. The molecule has 18 heavy (non-hydrogen) atoms. The zero-order valence-electron chi connectivity index (χ0n) is 10.7. The van der Waals surface area contributed by atoms with Crippen molar-refractivity contribution < 1.29 is 18.0 Å². The number of halogens is 3. The third kappa shape index (κ3) is 5.71. The molecule has 0 spiro atoms. The maximum Gasteiger partial charge on any atom is 0.389 e. The second kappa shape index (κ2) is 6.97. The minimum atomic E-state index is -4.24. The highest BCUT2D eigenvalue weighted by Crippen LogP contribution is 2.24. The molecular formula is C12H21F3N2O. The van der Waals surface area contributed by atoms with Crippen molar-refractivity contribution in [2.75, 3.05) is 26.7 Å². The Kier molecular flexibility index (Phi) is 5.91. The lowest BCUT2D eigenvalue weighted by molar-refractivity contribution is -0.149. The maximum atomic E-state index is 12.0. The van der Waals surface area contributed by atoms with Gasteiger partial charge in [-0.25, -0.2) is 0 Å². The number of carbonyl (C=O) groups excluding carboxylic acids is 1. The van der Waals surface area contributed by atoms with E-state index in [0.717, 1.165) is 25.8 Å². The molecule has 0 atom stereocenters. The zero-order chi connectivity index (χ0) is 13.6. The van der Waals surface area contributed by atoms with E-state index in [1.807, 2.05) is 7.05 Å². The molecule has 1 saturated heterocycles. The van der Waals surface area contributed by atoms with Crippen molar-refractivity contribution in [3.8, 4) is 0 Å². The Labute approximate surface area is 106 Å². The van der Waals surface area contributed by atoms with Gasteiger partial charge in [0.1, 0.15) is 0 Å². The van der Waals surface area contributed by atoms with Crippen LogP contribution >= 0.6 is 0 Å². The fraction of sp³-hybridized carbons (Fsp3) is 0.917. The fourth-order valence-electron chi connectivity index (χ4n) is 2.23. The van der Waals surface area contributed by atoms with Crippen LogP contribution in [0.5, 0.6) is 0 Å². The van der Waals surface area contributed by atoms with E-state index in [1.165, 1.54) is 0 Å². The monoisotopic (exact) mass is 266 g/mol. The lowest BCUT2D eigenvalue weighted by atomic mass is 9.93. The molecule has 1 N–H and O–H groups in total. The topological polar surface area (TPSA) is 32.3 Å². The third-order valence-electron chi connectivity index (χ3n) is 3.39. The van der Waals surface area contributed by atoms with Crippen LogP contribution in [0.15, 0.2) is 0 Å². The predicted octanol–water partition coefficient (Wildman–Crippen LogP) is 2.18. The maximum absolute atomic E-state index is 12.0. The number of likely N-dealkylation sites (tertiary alicyclic amines) is 1. The molecule has 0 unspecified atom stereocenters. The van der Waals surface area contributed by atoms with Crippen LogP contribution in [-0.2, 0) is 4.79 Å². The van der Waals surface area contributed by atoms with Crippen LogP contribution < -0.4 is 5.32 Å². The van der Waals surface area contributed by atoms with E-state index in [4.69, 9.17) is 0 Å². The summed E-state index contributed by atoms with van der Waals surface area (Å²) in [5.74, 6) is 0.225. The van der Waals surface area contributed by atoms with E-state index in [0.29, 0.717) is 19.0 Å². The van der Waals surface area contributed by atoms with Gasteiger partial charge in [-0.15, -0.1) is 0 Å². The van der Waals surface area contributed by atoms with Crippen LogP contribution in [0.2, 0.25) is 0 Å². The molecule has 1 rings (SSSR count). The largest absolute Gasteiger partial charge is 0.389 e. The predicted molar refractivity (Wildman–Crippen MR) is 63.1 cm³/mol. The highest BCUT2D eigenvalue weighted by atomic mass is 19.4. The number of nitrogens with zero attached hydrogens (tertiary/aromatic N) is 1. The summed E-state index contributed by atoms with van der Waals surface area (Å²) in [7, 11) is 1.90. The molecule has 6 heteroatoms. The normalized spacial score (nSPS) is 18.1. The van der Waals surface area contributed by atoms with E-state index in [-0.39, 0.29) is 5.91 Å². The van der Waals surface area contributed by atoms with Crippen LogP contribution in [-0.4, -0.2) is 43.7 Å². The molecular weight excluding hydrogens is 245 g/mol. The van der Waals surface area contributed by atoms with Gasteiger partial charge < -0.3 is 10.2 Å². The van der Waals surface area contributed by atoms with Crippen LogP contribution in [0.4, 0.5) is 13.2 Å². The Hall–Kier alpha value is -0.780. The minimum absolute atomic E-state index is 0.362. The van der Waals surface area contributed by atoms with Crippen molar-refractivity contribution >= 4 is 5.91 Å². The van der Waals surface area contributed by atoms with Gasteiger partial charge >= 0.3 is 6.18 Å². The smallest absolute Gasteiger partial charge is 0.343 e. The summed E-state index contributed by atoms with van der Waals surface area (Å²) in [5.41, 5.74) is 0. The molecule has 0 radical (unpaired) electrons. The number of rotatable bonds is 5. The lowest BCUT2D eigenvalue weighted by Crippen LogP contribution is -2.39.